The van der Waals surface area contributed by atoms with E-state index in [-0.39, 0.29) is 18.1 Å². The summed E-state index contributed by atoms with van der Waals surface area (Å²) in [6, 6.07) is 7.98. The summed E-state index contributed by atoms with van der Waals surface area (Å²) in [7, 11) is 3.63. The molecule has 2 fully saturated rings. The van der Waals surface area contributed by atoms with Crippen LogP contribution in [0.3, 0.4) is 0 Å². The molecule has 6 nitrogen and oxygen atoms in total. The summed E-state index contributed by atoms with van der Waals surface area (Å²) < 4.78 is 12.7. The van der Waals surface area contributed by atoms with E-state index in [9.17, 15) is 4.79 Å². The van der Waals surface area contributed by atoms with Crippen molar-refractivity contribution >= 4 is 27.9 Å². The van der Waals surface area contributed by atoms with Crippen LogP contribution in [0.4, 0.5) is 0 Å². The zero-order valence-electron chi connectivity index (χ0n) is 18.0. The predicted molar refractivity (Wildman–Crippen MR) is 124 cm³/mol. The van der Waals surface area contributed by atoms with Gasteiger partial charge in [-0.15, -0.1) is 0 Å². The van der Waals surface area contributed by atoms with Crippen LogP contribution in [0.1, 0.15) is 49.3 Å². The highest BCUT2D eigenvalue weighted by molar-refractivity contribution is 9.10. The van der Waals surface area contributed by atoms with Gasteiger partial charge < -0.3 is 9.47 Å². The number of hydrogen-bond donors (Lipinski definition) is 0. The number of carbonyl (C=O) groups is 1. The number of rotatable bonds is 7. The molecule has 0 bridgehead atoms. The lowest BCUT2D eigenvalue weighted by Gasteiger charge is -2.28. The average molecular weight is 486 g/mol. The molecule has 1 unspecified atom stereocenters. The molecule has 1 aliphatic carbocycles. The van der Waals surface area contributed by atoms with E-state index in [0.29, 0.717) is 13.0 Å². The van der Waals surface area contributed by atoms with Crippen LogP contribution in [0.5, 0.6) is 11.5 Å². The van der Waals surface area contributed by atoms with Gasteiger partial charge in [0, 0.05) is 30.3 Å². The molecule has 1 saturated heterocycles. The number of hydrogen-bond acceptors (Lipinski definition) is 5. The minimum atomic E-state index is -0.0229. The molecule has 0 radical (unpaired) electrons. The summed E-state index contributed by atoms with van der Waals surface area (Å²) in [5, 5.41) is 3.81. The molecule has 2 aliphatic rings. The van der Waals surface area contributed by atoms with Crippen molar-refractivity contribution in [2.75, 3.05) is 20.7 Å². The zero-order valence-corrected chi connectivity index (χ0v) is 19.5. The molecular weight excluding hydrogens is 458 g/mol. The Morgan fingerprint density at radius 2 is 2.00 bits per heavy atom. The molecule has 1 aromatic carbocycles. The Morgan fingerprint density at radius 3 is 2.74 bits per heavy atom. The van der Waals surface area contributed by atoms with Gasteiger partial charge in [-0.1, -0.05) is 18.2 Å². The third kappa shape index (κ3) is 5.10. The maximum absolute atomic E-state index is 12.7. The number of pyridine rings is 1. The van der Waals surface area contributed by atoms with Crippen molar-refractivity contribution in [3.05, 3.63) is 58.3 Å². The fourth-order valence-corrected chi connectivity index (χ4v) is 4.68. The minimum absolute atomic E-state index is 0.0229. The fourth-order valence-electron chi connectivity index (χ4n) is 4.30. The van der Waals surface area contributed by atoms with E-state index in [4.69, 9.17) is 9.47 Å². The smallest absolute Gasteiger partial charge is 0.239 e. The molecule has 7 heteroatoms. The summed E-state index contributed by atoms with van der Waals surface area (Å²) in [5.74, 6) is 1.62. The number of methoxy groups -OCH3 is 1. The van der Waals surface area contributed by atoms with Crippen molar-refractivity contribution in [2.24, 2.45) is 0 Å². The Kier molecular flexibility index (Phi) is 6.92. The lowest BCUT2D eigenvalue weighted by atomic mass is 10.0. The van der Waals surface area contributed by atoms with Crippen molar-refractivity contribution in [3.8, 4) is 11.5 Å². The molecule has 31 heavy (non-hydrogen) atoms. The van der Waals surface area contributed by atoms with Crippen LogP contribution in [-0.4, -0.2) is 47.7 Å². The van der Waals surface area contributed by atoms with Crippen molar-refractivity contribution < 1.29 is 14.3 Å². The zero-order chi connectivity index (χ0) is 21.8. The topological polar surface area (TPSA) is 54.9 Å². The van der Waals surface area contributed by atoms with Gasteiger partial charge in [-0.05, 0) is 70.9 Å². The van der Waals surface area contributed by atoms with Gasteiger partial charge in [0.25, 0.3) is 0 Å². The monoisotopic (exact) mass is 485 g/mol. The fraction of sp³-hybridized carbons (Fsp3) is 0.417. The van der Waals surface area contributed by atoms with Gasteiger partial charge in [0.2, 0.25) is 5.91 Å². The van der Waals surface area contributed by atoms with E-state index in [2.05, 4.69) is 20.9 Å². The van der Waals surface area contributed by atoms with Crippen molar-refractivity contribution in [1.29, 1.82) is 0 Å². The minimum Gasteiger partial charge on any atom is -0.493 e. The molecule has 1 amide bonds. The lowest BCUT2D eigenvalue weighted by molar-refractivity contribution is -0.136. The van der Waals surface area contributed by atoms with Crippen LogP contribution in [0.2, 0.25) is 0 Å². The number of halogens is 1. The summed E-state index contributed by atoms with van der Waals surface area (Å²) in [4.78, 5) is 16.9. The van der Waals surface area contributed by atoms with Crippen molar-refractivity contribution in [3.63, 3.8) is 0 Å². The van der Waals surface area contributed by atoms with Gasteiger partial charge in [0.15, 0.2) is 11.5 Å². The van der Waals surface area contributed by atoms with E-state index in [1.165, 1.54) is 12.8 Å². The third-order valence-electron chi connectivity index (χ3n) is 5.97. The van der Waals surface area contributed by atoms with Crippen LogP contribution in [0.15, 0.2) is 47.2 Å². The van der Waals surface area contributed by atoms with Gasteiger partial charge in [-0.25, -0.2) is 5.01 Å². The summed E-state index contributed by atoms with van der Waals surface area (Å²) in [6.45, 7) is 0.514. The standard InChI is InChI=1S/C24H28BrN3O3/c1-27-21(14-24(29)28(27)11-5-6-17-12-19(25)16-26-15-17)18-9-10-22(30-2)23(13-18)31-20-7-3-4-8-20/h5-6,9-10,12-13,15-16,20-21H,3-4,7-8,11,14H2,1-2H3. The van der Waals surface area contributed by atoms with Gasteiger partial charge in [0.1, 0.15) is 0 Å². The Balaban J connectivity index is 1.46. The van der Waals surface area contributed by atoms with Gasteiger partial charge >= 0.3 is 0 Å². The first kappa shape index (κ1) is 21.8. The Morgan fingerprint density at radius 1 is 1.19 bits per heavy atom. The Bertz CT molecular complexity index is 959. The summed E-state index contributed by atoms with van der Waals surface area (Å²) in [5.41, 5.74) is 2.05. The van der Waals surface area contributed by atoms with Gasteiger partial charge in [-0.3, -0.25) is 14.8 Å². The van der Waals surface area contributed by atoms with E-state index in [1.54, 1.807) is 24.5 Å². The van der Waals surface area contributed by atoms with E-state index in [1.807, 2.05) is 48.5 Å². The van der Waals surface area contributed by atoms with Crippen LogP contribution in [0, 0.1) is 0 Å². The second-order valence-electron chi connectivity index (χ2n) is 8.04. The second-order valence-corrected chi connectivity index (χ2v) is 8.96. The first-order chi connectivity index (χ1) is 15.0. The highest BCUT2D eigenvalue weighted by Crippen LogP contribution is 2.38. The normalized spacial score (nSPS) is 20.2. The van der Waals surface area contributed by atoms with Crippen LogP contribution >= 0.6 is 15.9 Å². The molecular formula is C24H28BrN3O3. The maximum Gasteiger partial charge on any atom is 0.239 e. The molecule has 1 aliphatic heterocycles. The quantitative estimate of drug-likeness (QED) is 0.551. The third-order valence-corrected chi connectivity index (χ3v) is 6.40. The van der Waals surface area contributed by atoms with Gasteiger partial charge in [0.05, 0.1) is 25.8 Å². The molecule has 2 heterocycles. The maximum atomic E-state index is 12.7. The first-order valence-electron chi connectivity index (χ1n) is 10.7. The molecule has 164 valence electrons. The van der Waals surface area contributed by atoms with E-state index < -0.39 is 0 Å². The van der Waals surface area contributed by atoms with Crippen molar-refractivity contribution in [1.82, 2.24) is 15.0 Å². The molecule has 2 aromatic rings. The number of aromatic nitrogens is 1. The van der Waals surface area contributed by atoms with Gasteiger partial charge in [-0.2, -0.15) is 0 Å². The molecule has 4 rings (SSSR count). The SMILES string of the molecule is COc1ccc(C2CC(=O)N(CC=Cc3cncc(Br)c3)N2C)cc1OC1CCCC1. The highest BCUT2D eigenvalue weighted by atomic mass is 79.9. The number of carbonyl (C=O) groups excluding carboxylic acids is 1. The predicted octanol–water partition coefficient (Wildman–Crippen LogP) is 5.01. The molecule has 1 saturated carbocycles. The largest absolute Gasteiger partial charge is 0.493 e. The molecule has 1 atom stereocenters. The average Bonchev–Trinajstić information content (AvgIpc) is 3.37. The number of nitrogens with zero attached hydrogens (tertiary/aromatic N) is 3. The molecule has 0 spiro atoms. The first-order valence-corrected chi connectivity index (χ1v) is 11.5. The summed E-state index contributed by atoms with van der Waals surface area (Å²) >= 11 is 3.43. The number of hydrazine groups is 1. The number of ether oxygens (including phenoxy) is 2. The number of amides is 1. The summed E-state index contributed by atoms with van der Waals surface area (Å²) in [6.07, 6.45) is 12.8. The van der Waals surface area contributed by atoms with Crippen molar-refractivity contribution in [2.45, 2.75) is 44.2 Å². The van der Waals surface area contributed by atoms with E-state index >= 15 is 0 Å². The highest BCUT2D eigenvalue weighted by Gasteiger charge is 2.36. The van der Waals surface area contributed by atoms with Crippen LogP contribution in [-0.2, 0) is 4.79 Å². The number of benzene rings is 1. The second kappa shape index (κ2) is 9.83. The van der Waals surface area contributed by atoms with Crippen LogP contribution in [0.25, 0.3) is 6.08 Å². The van der Waals surface area contributed by atoms with Crippen LogP contribution < -0.4 is 9.47 Å². The lowest BCUT2D eigenvalue weighted by Crippen LogP contribution is -2.37. The Hall–Kier alpha value is -2.38. The van der Waals surface area contributed by atoms with E-state index in [0.717, 1.165) is 39.9 Å². The molecule has 0 N–H and O–H groups in total. The Labute approximate surface area is 191 Å². The molecule has 1 aromatic heterocycles.